The van der Waals surface area contributed by atoms with Gasteiger partial charge in [0.2, 0.25) is 5.88 Å². The summed E-state index contributed by atoms with van der Waals surface area (Å²) >= 11 is 0. The van der Waals surface area contributed by atoms with E-state index in [-0.39, 0.29) is 30.5 Å². The van der Waals surface area contributed by atoms with Gasteiger partial charge in [-0.2, -0.15) is 13.2 Å². The number of halogens is 3. The summed E-state index contributed by atoms with van der Waals surface area (Å²) in [7, 11) is 0. The fourth-order valence-electron chi connectivity index (χ4n) is 4.09. The first kappa shape index (κ1) is 27.1. The highest BCUT2D eigenvalue weighted by Gasteiger charge is 2.30. The molecule has 38 heavy (non-hydrogen) atoms. The van der Waals surface area contributed by atoms with Crippen molar-refractivity contribution in [3.63, 3.8) is 0 Å². The summed E-state index contributed by atoms with van der Waals surface area (Å²) in [6.45, 7) is 1.82. The maximum absolute atomic E-state index is 12.7. The zero-order chi connectivity index (χ0) is 27.1. The van der Waals surface area contributed by atoms with Gasteiger partial charge in [-0.05, 0) is 68.5 Å². The predicted molar refractivity (Wildman–Crippen MR) is 138 cm³/mol. The molecule has 3 N–H and O–H groups in total. The number of ether oxygens (including phenoxy) is 1. The molecule has 0 aliphatic heterocycles. The van der Waals surface area contributed by atoms with Gasteiger partial charge in [-0.25, -0.2) is 9.97 Å². The van der Waals surface area contributed by atoms with Crippen molar-refractivity contribution in [3.05, 3.63) is 83.2 Å². The zero-order valence-electron chi connectivity index (χ0n) is 20.8. The number of aromatic nitrogens is 2. The molecule has 2 heterocycles. The Morgan fingerprint density at radius 3 is 2.55 bits per heavy atom. The van der Waals surface area contributed by atoms with Gasteiger partial charge in [0.1, 0.15) is 11.6 Å². The molecule has 1 atom stereocenters. The molecule has 0 spiro atoms. The molecule has 0 bridgehead atoms. The standard InChI is InChI=1S/C28H29F3N4O3/c1-18(17-36)34-25-11-7-21(15-32-25)27(37)35-23-9-5-19(6-10-23)13-20-3-2-4-24(14-20)38-26-12-8-22(16-33-26)28(29,30)31/h2-4,7-8,11-16,18,23,36H,5-6,9-10,17H2,1H3,(H,32,34)(H,35,37)/t18-,23?/m1/s1. The van der Waals surface area contributed by atoms with Crippen LogP contribution in [0.5, 0.6) is 11.6 Å². The van der Waals surface area contributed by atoms with Crippen molar-refractivity contribution in [2.75, 3.05) is 11.9 Å². The van der Waals surface area contributed by atoms with Crippen LogP contribution in [0.4, 0.5) is 19.0 Å². The average molecular weight is 527 g/mol. The molecule has 1 saturated carbocycles. The molecule has 1 fully saturated rings. The summed E-state index contributed by atoms with van der Waals surface area (Å²) in [6, 6.07) is 12.8. The van der Waals surface area contributed by atoms with Crippen molar-refractivity contribution < 1.29 is 27.8 Å². The van der Waals surface area contributed by atoms with E-state index in [1.165, 1.54) is 17.8 Å². The molecular weight excluding hydrogens is 497 g/mol. The molecule has 10 heteroatoms. The number of alkyl halides is 3. The van der Waals surface area contributed by atoms with E-state index in [9.17, 15) is 18.0 Å². The molecule has 2 aromatic heterocycles. The van der Waals surface area contributed by atoms with Crippen LogP contribution in [-0.2, 0) is 6.18 Å². The first-order chi connectivity index (χ1) is 18.2. The van der Waals surface area contributed by atoms with Crippen LogP contribution in [0, 0.1) is 0 Å². The van der Waals surface area contributed by atoms with Crippen LogP contribution in [0.1, 0.15) is 54.1 Å². The number of carbonyl (C=O) groups is 1. The number of nitrogens with one attached hydrogen (secondary N) is 2. The van der Waals surface area contributed by atoms with Crippen molar-refractivity contribution >= 4 is 17.8 Å². The minimum atomic E-state index is -4.44. The van der Waals surface area contributed by atoms with Crippen molar-refractivity contribution in [1.82, 2.24) is 15.3 Å². The molecule has 0 unspecified atom stereocenters. The lowest BCUT2D eigenvalue weighted by atomic mass is 9.89. The van der Waals surface area contributed by atoms with Gasteiger partial charge in [-0.1, -0.05) is 23.8 Å². The molecular formula is C28H29F3N4O3. The predicted octanol–water partition coefficient (Wildman–Crippen LogP) is 5.84. The largest absolute Gasteiger partial charge is 0.439 e. The van der Waals surface area contributed by atoms with Gasteiger partial charge in [0.25, 0.3) is 5.91 Å². The smallest absolute Gasteiger partial charge is 0.417 e. The van der Waals surface area contributed by atoms with Crippen LogP contribution in [0.3, 0.4) is 0 Å². The van der Waals surface area contributed by atoms with Crippen LogP contribution in [0.25, 0.3) is 6.08 Å². The second kappa shape index (κ2) is 12.1. The summed E-state index contributed by atoms with van der Waals surface area (Å²) in [5.41, 5.74) is 1.82. The second-order valence-electron chi connectivity index (χ2n) is 9.27. The Bertz CT molecular complexity index is 1250. The number of pyridine rings is 2. The summed E-state index contributed by atoms with van der Waals surface area (Å²) in [5.74, 6) is 0.993. The Hall–Kier alpha value is -3.92. The number of rotatable bonds is 8. The third-order valence-electron chi connectivity index (χ3n) is 6.17. The average Bonchev–Trinajstić information content (AvgIpc) is 2.90. The second-order valence-corrected chi connectivity index (χ2v) is 9.27. The van der Waals surface area contributed by atoms with E-state index in [0.717, 1.165) is 43.5 Å². The lowest BCUT2D eigenvalue weighted by molar-refractivity contribution is -0.137. The summed E-state index contributed by atoms with van der Waals surface area (Å²) in [4.78, 5) is 20.6. The van der Waals surface area contributed by atoms with Crippen LogP contribution in [0.2, 0.25) is 0 Å². The van der Waals surface area contributed by atoms with E-state index in [2.05, 4.69) is 26.7 Å². The van der Waals surface area contributed by atoms with Crippen LogP contribution in [-0.4, -0.2) is 39.7 Å². The summed E-state index contributed by atoms with van der Waals surface area (Å²) in [5, 5.41) is 15.2. The number of amides is 1. The van der Waals surface area contributed by atoms with Crippen molar-refractivity contribution in [1.29, 1.82) is 0 Å². The minimum absolute atomic E-state index is 0.0124. The lowest BCUT2D eigenvalue weighted by Gasteiger charge is -2.25. The first-order valence-corrected chi connectivity index (χ1v) is 12.3. The van der Waals surface area contributed by atoms with E-state index in [1.54, 1.807) is 18.2 Å². The molecule has 200 valence electrons. The Labute approximate surface area is 218 Å². The van der Waals surface area contributed by atoms with E-state index < -0.39 is 11.7 Å². The van der Waals surface area contributed by atoms with E-state index in [1.807, 2.05) is 25.1 Å². The summed E-state index contributed by atoms with van der Waals surface area (Å²) < 4.78 is 43.8. The SMILES string of the molecule is C[C@H](CO)Nc1ccc(C(=O)NC2CCC(=Cc3cccc(Oc4ccc(C(F)(F)F)cn4)c3)CC2)cn1. The Morgan fingerprint density at radius 1 is 1.13 bits per heavy atom. The van der Waals surface area contributed by atoms with Gasteiger partial charge in [0, 0.05) is 30.5 Å². The van der Waals surface area contributed by atoms with Crippen molar-refractivity contribution in [3.8, 4) is 11.6 Å². The van der Waals surface area contributed by atoms with E-state index >= 15 is 0 Å². The number of benzene rings is 1. The third-order valence-corrected chi connectivity index (χ3v) is 6.17. The van der Waals surface area contributed by atoms with Crippen LogP contribution >= 0.6 is 0 Å². The maximum Gasteiger partial charge on any atom is 0.417 e. The third kappa shape index (κ3) is 7.55. The molecule has 1 aliphatic rings. The molecule has 4 rings (SSSR count). The first-order valence-electron chi connectivity index (χ1n) is 12.3. The fourth-order valence-corrected chi connectivity index (χ4v) is 4.09. The number of nitrogens with zero attached hydrogens (tertiary/aromatic N) is 2. The van der Waals surface area contributed by atoms with Gasteiger partial charge in [-0.3, -0.25) is 4.79 Å². The number of allylic oxidation sites excluding steroid dienone is 1. The fraction of sp³-hybridized carbons (Fsp3) is 0.321. The van der Waals surface area contributed by atoms with Crippen LogP contribution < -0.4 is 15.4 Å². The van der Waals surface area contributed by atoms with Crippen molar-refractivity contribution in [2.45, 2.75) is 50.9 Å². The van der Waals surface area contributed by atoms with Gasteiger partial charge >= 0.3 is 6.18 Å². The van der Waals surface area contributed by atoms with E-state index in [4.69, 9.17) is 9.84 Å². The molecule has 3 aromatic rings. The minimum Gasteiger partial charge on any atom is -0.439 e. The number of anilines is 1. The van der Waals surface area contributed by atoms with Gasteiger partial charge in [-0.15, -0.1) is 0 Å². The molecule has 1 aromatic carbocycles. The Kier molecular flexibility index (Phi) is 8.62. The summed E-state index contributed by atoms with van der Waals surface area (Å²) in [6.07, 6.45) is 3.18. The molecule has 1 aliphatic carbocycles. The Morgan fingerprint density at radius 2 is 1.92 bits per heavy atom. The van der Waals surface area contributed by atoms with Crippen molar-refractivity contribution in [2.24, 2.45) is 0 Å². The quantitative estimate of drug-likeness (QED) is 0.342. The maximum atomic E-state index is 12.7. The molecule has 7 nitrogen and oxygen atoms in total. The number of aliphatic hydroxyl groups is 1. The Balaban J connectivity index is 1.29. The lowest BCUT2D eigenvalue weighted by Crippen LogP contribution is -2.36. The molecule has 0 saturated heterocycles. The number of hydrogen-bond donors (Lipinski definition) is 3. The van der Waals surface area contributed by atoms with Gasteiger partial charge in [0.05, 0.1) is 17.7 Å². The normalized spacial score (nSPS) is 16.4. The van der Waals surface area contributed by atoms with Gasteiger partial charge in [0.15, 0.2) is 0 Å². The van der Waals surface area contributed by atoms with E-state index in [0.29, 0.717) is 17.1 Å². The molecule has 1 amide bonds. The monoisotopic (exact) mass is 526 g/mol. The van der Waals surface area contributed by atoms with Crippen LogP contribution in [0.15, 0.2) is 66.5 Å². The number of hydrogen-bond acceptors (Lipinski definition) is 6. The number of carbonyl (C=O) groups excluding carboxylic acids is 1. The highest BCUT2D eigenvalue weighted by molar-refractivity contribution is 5.94. The topological polar surface area (TPSA) is 96.4 Å². The van der Waals surface area contributed by atoms with Gasteiger partial charge < -0.3 is 20.5 Å². The highest BCUT2D eigenvalue weighted by Crippen LogP contribution is 2.31. The highest BCUT2D eigenvalue weighted by atomic mass is 19.4. The number of aliphatic hydroxyl groups excluding tert-OH is 1. The zero-order valence-corrected chi connectivity index (χ0v) is 20.8. The molecule has 0 radical (unpaired) electrons.